The monoisotopic (exact) mass is 645 g/mol. The number of methoxy groups -OCH3 is 1. The van der Waals surface area contributed by atoms with E-state index < -0.39 is 74.0 Å². The fraction of sp³-hybridized carbons (Fsp3) is 0.276. The maximum Gasteiger partial charge on any atom is 0.289 e. The number of anilines is 1. The van der Waals surface area contributed by atoms with Crippen LogP contribution >= 0.6 is 0 Å². The van der Waals surface area contributed by atoms with E-state index in [4.69, 9.17) is 4.74 Å². The molecular formula is C29H29F2N5O8S. The molecule has 238 valence electrons. The molecule has 1 saturated heterocycles. The number of hydrogen-bond acceptors (Lipinski definition) is 8. The first-order chi connectivity index (χ1) is 21.3. The average molecular weight is 646 g/mol. The predicted molar refractivity (Wildman–Crippen MR) is 157 cm³/mol. The van der Waals surface area contributed by atoms with Crippen molar-refractivity contribution in [3.8, 4) is 5.75 Å². The molecule has 1 fully saturated rings. The SMILES string of the molecule is COc1ccc(N(C)C(=O)[C@H](Cc2cc(F)cc(F)c2)NC(=O)CN2CCN(S(=O)(=O)c3ccccc3[N+](=O)[O-])CC2=O)cc1. The number of benzene rings is 3. The molecule has 0 spiro atoms. The van der Waals surface area contributed by atoms with Crippen LogP contribution in [-0.2, 0) is 30.8 Å². The number of piperazine rings is 1. The third-order valence-electron chi connectivity index (χ3n) is 7.08. The zero-order chi connectivity index (χ0) is 32.9. The van der Waals surface area contributed by atoms with E-state index in [1.54, 1.807) is 24.3 Å². The molecule has 1 atom stereocenters. The first kappa shape index (κ1) is 32.9. The summed E-state index contributed by atoms with van der Waals surface area (Å²) in [6, 6.07) is 12.6. The number of hydrogen-bond donors (Lipinski definition) is 1. The van der Waals surface area contributed by atoms with Gasteiger partial charge in [-0.1, -0.05) is 12.1 Å². The average Bonchev–Trinajstić information content (AvgIpc) is 3.00. The quantitative estimate of drug-likeness (QED) is 0.245. The van der Waals surface area contributed by atoms with Gasteiger partial charge >= 0.3 is 0 Å². The van der Waals surface area contributed by atoms with Gasteiger partial charge in [-0.05, 0) is 48.0 Å². The summed E-state index contributed by atoms with van der Waals surface area (Å²) in [5.74, 6) is -3.35. The van der Waals surface area contributed by atoms with Gasteiger partial charge in [0.15, 0.2) is 4.90 Å². The number of nitro benzene ring substituents is 1. The lowest BCUT2D eigenvalue weighted by Crippen LogP contribution is -2.56. The second kappa shape index (κ2) is 13.8. The first-order valence-corrected chi connectivity index (χ1v) is 14.9. The number of nitrogens with one attached hydrogen (secondary N) is 1. The smallest absolute Gasteiger partial charge is 0.289 e. The van der Waals surface area contributed by atoms with E-state index in [1.807, 2.05) is 0 Å². The van der Waals surface area contributed by atoms with E-state index in [0.29, 0.717) is 17.5 Å². The first-order valence-electron chi connectivity index (χ1n) is 13.5. The normalized spacial score (nSPS) is 14.5. The molecule has 0 radical (unpaired) electrons. The Morgan fingerprint density at radius 3 is 2.31 bits per heavy atom. The van der Waals surface area contributed by atoms with Crippen LogP contribution in [0, 0.1) is 21.7 Å². The molecule has 45 heavy (non-hydrogen) atoms. The minimum atomic E-state index is -4.41. The number of amides is 3. The summed E-state index contributed by atoms with van der Waals surface area (Å²) >= 11 is 0. The zero-order valence-corrected chi connectivity index (χ0v) is 25.0. The van der Waals surface area contributed by atoms with Crippen LogP contribution in [0.15, 0.2) is 71.6 Å². The van der Waals surface area contributed by atoms with Gasteiger partial charge in [-0.25, -0.2) is 17.2 Å². The molecule has 16 heteroatoms. The van der Waals surface area contributed by atoms with Gasteiger partial charge in [0.1, 0.15) is 23.4 Å². The summed E-state index contributed by atoms with van der Waals surface area (Å²) in [4.78, 5) is 51.8. The number of nitro groups is 1. The van der Waals surface area contributed by atoms with Crippen molar-refractivity contribution in [1.82, 2.24) is 14.5 Å². The fourth-order valence-corrected chi connectivity index (χ4v) is 6.31. The minimum Gasteiger partial charge on any atom is -0.497 e. The van der Waals surface area contributed by atoms with Crippen LogP contribution in [0.1, 0.15) is 5.56 Å². The molecule has 3 amide bonds. The highest BCUT2D eigenvalue weighted by molar-refractivity contribution is 7.89. The Bertz CT molecular complexity index is 1700. The Hall–Kier alpha value is -4.96. The van der Waals surface area contributed by atoms with Gasteiger partial charge in [-0.15, -0.1) is 0 Å². The van der Waals surface area contributed by atoms with Crippen molar-refractivity contribution in [3.63, 3.8) is 0 Å². The Morgan fingerprint density at radius 2 is 1.71 bits per heavy atom. The predicted octanol–water partition coefficient (Wildman–Crippen LogP) is 2.10. The molecular weight excluding hydrogens is 616 g/mol. The van der Waals surface area contributed by atoms with Gasteiger partial charge in [-0.2, -0.15) is 4.31 Å². The van der Waals surface area contributed by atoms with E-state index in [-0.39, 0.29) is 25.1 Å². The molecule has 3 aromatic carbocycles. The fourth-order valence-electron chi connectivity index (χ4n) is 4.77. The number of sulfonamides is 1. The maximum atomic E-state index is 13.9. The van der Waals surface area contributed by atoms with Gasteiger partial charge in [0.05, 0.1) is 25.1 Å². The van der Waals surface area contributed by atoms with Gasteiger partial charge < -0.3 is 19.9 Å². The molecule has 3 aromatic rings. The molecule has 1 N–H and O–H groups in total. The van der Waals surface area contributed by atoms with Crippen LogP contribution < -0.4 is 15.0 Å². The summed E-state index contributed by atoms with van der Waals surface area (Å²) in [6.45, 7) is -1.69. The molecule has 0 bridgehead atoms. The molecule has 1 aliphatic rings. The lowest BCUT2D eigenvalue weighted by molar-refractivity contribution is -0.387. The van der Waals surface area contributed by atoms with E-state index in [2.05, 4.69) is 5.32 Å². The summed E-state index contributed by atoms with van der Waals surface area (Å²) in [7, 11) is -1.48. The number of carbonyl (C=O) groups is 3. The number of carbonyl (C=O) groups excluding carboxylic acids is 3. The molecule has 0 unspecified atom stereocenters. The number of nitrogens with zero attached hydrogens (tertiary/aromatic N) is 4. The number of ether oxygens (including phenoxy) is 1. The minimum absolute atomic E-state index is 0.0965. The summed E-state index contributed by atoms with van der Waals surface area (Å²) in [6.07, 6.45) is -0.282. The van der Waals surface area contributed by atoms with Crippen LogP contribution in [0.25, 0.3) is 0 Å². The highest BCUT2D eigenvalue weighted by Gasteiger charge is 2.37. The molecule has 13 nitrogen and oxygen atoms in total. The van der Waals surface area contributed by atoms with E-state index in [9.17, 15) is 41.7 Å². The Labute approximate surface area is 257 Å². The summed E-state index contributed by atoms with van der Waals surface area (Å²) in [5, 5.41) is 13.9. The molecule has 1 heterocycles. The van der Waals surface area contributed by atoms with Crippen molar-refractivity contribution in [2.45, 2.75) is 17.4 Å². The third kappa shape index (κ3) is 7.77. The molecule has 0 aromatic heterocycles. The molecule has 1 aliphatic heterocycles. The van der Waals surface area contributed by atoms with Crippen molar-refractivity contribution < 1.29 is 41.2 Å². The van der Waals surface area contributed by atoms with Crippen LogP contribution in [0.3, 0.4) is 0 Å². The van der Waals surface area contributed by atoms with Crippen LogP contribution in [0.2, 0.25) is 0 Å². The number of halogens is 2. The lowest BCUT2D eigenvalue weighted by atomic mass is 10.0. The number of likely N-dealkylation sites (N-methyl/N-ethyl adjacent to an activating group) is 1. The number of rotatable bonds is 11. The van der Waals surface area contributed by atoms with Crippen molar-refractivity contribution in [1.29, 1.82) is 0 Å². The topological polar surface area (TPSA) is 159 Å². The molecule has 4 rings (SSSR count). The highest BCUT2D eigenvalue weighted by atomic mass is 32.2. The lowest BCUT2D eigenvalue weighted by Gasteiger charge is -2.33. The standard InChI is InChI=1S/C29H29F2N5O8S/c1-33(22-7-9-23(44-2)10-8-22)29(39)24(15-19-13-20(30)16-21(31)14-19)32-27(37)17-34-11-12-35(18-28(34)38)45(42,43)26-6-4-3-5-25(26)36(40)41/h3-10,13-14,16,24H,11-12,15,17-18H2,1-2H3,(H,32,37)/t24-/m0/s1. The zero-order valence-electron chi connectivity index (χ0n) is 24.2. The van der Waals surface area contributed by atoms with E-state index in [0.717, 1.165) is 33.5 Å². The van der Waals surface area contributed by atoms with E-state index in [1.165, 1.54) is 31.2 Å². The number of para-hydroxylation sites is 1. The van der Waals surface area contributed by atoms with Crippen LogP contribution in [-0.4, -0.2) is 86.6 Å². The van der Waals surface area contributed by atoms with Crippen molar-refractivity contribution in [2.75, 3.05) is 45.2 Å². The maximum absolute atomic E-state index is 13.9. The largest absolute Gasteiger partial charge is 0.497 e. The molecule has 0 saturated carbocycles. The van der Waals surface area contributed by atoms with Gasteiger partial charge in [0, 0.05) is 44.4 Å². The van der Waals surface area contributed by atoms with Crippen LogP contribution in [0.5, 0.6) is 5.75 Å². The molecule has 0 aliphatic carbocycles. The Kier molecular flexibility index (Phi) is 10.1. The van der Waals surface area contributed by atoms with Crippen molar-refractivity contribution in [3.05, 3.63) is 94.0 Å². The highest BCUT2D eigenvalue weighted by Crippen LogP contribution is 2.27. The van der Waals surface area contributed by atoms with Crippen LogP contribution in [0.4, 0.5) is 20.2 Å². The van der Waals surface area contributed by atoms with Gasteiger partial charge in [0.2, 0.25) is 27.7 Å². The van der Waals surface area contributed by atoms with E-state index >= 15 is 0 Å². The van der Waals surface area contributed by atoms with Crippen molar-refractivity contribution in [2.24, 2.45) is 0 Å². The Morgan fingerprint density at radius 1 is 1.07 bits per heavy atom. The third-order valence-corrected chi connectivity index (χ3v) is 8.98. The Balaban J connectivity index is 1.48. The van der Waals surface area contributed by atoms with Gasteiger partial charge in [-0.3, -0.25) is 24.5 Å². The summed E-state index contributed by atoms with van der Waals surface area (Å²) < 4.78 is 60.0. The second-order valence-corrected chi connectivity index (χ2v) is 12.0. The summed E-state index contributed by atoms with van der Waals surface area (Å²) in [5.41, 5.74) is -0.101. The van der Waals surface area contributed by atoms with Gasteiger partial charge in [0.25, 0.3) is 5.69 Å². The second-order valence-electron chi connectivity index (χ2n) is 10.1. The van der Waals surface area contributed by atoms with Crippen molar-refractivity contribution >= 4 is 39.1 Å².